The van der Waals surface area contributed by atoms with E-state index in [9.17, 15) is 14.0 Å². The number of rotatable bonds is 12. The van der Waals surface area contributed by atoms with Gasteiger partial charge < -0.3 is 14.8 Å². The second kappa shape index (κ2) is 13.0. The molecule has 0 aliphatic rings. The molecular weight excluding hydrogens is 473 g/mol. The van der Waals surface area contributed by atoms with E-state index in [-0.39, 0.29) is 37.0 Å². The molecule has 7 nitrogen and oxygen atoms in total. The molecule has 37 heavy (non-hydrogen) atoms. The molecular formula is C29H26FN3O4. The second-order valence-corrected chi connectivity index (χ2v) is 8.39. The number of amides is 1. The van der Waals surface area contributed by atoms with Crippen LogP contribution in [0.3, 0.4) is 0 Å². The van der Waals surface area contributed by atoms with Gasteiger partial charge in [-0.3, -0.25) is 9.59 Å². The van der Waals surface area contributed by atoms with Gasteiger partial charge in [-0.2, -0.15) is 0 Å². The van der Waals surface area contributed by atoms with Gasteiger partial charge in [0.1, 0.15) is 29.7 Å². The number of nitrogens with zero attached hydrogens (tertiary/aromatic N) is 2. The summed E-state index contributed by atoms with van der Waals surface area (Å²) in [6, 6.07) is 21.5. The molecule has 4 aromatic rings. The maximum atomic E-state index is 13.2. The SMILES string of the molecule is O=C(Cc1cncnc1)N[C@@H](COCc1ccccc1)C(=O)Cc1ccc(Oc2ccc(F)cc2)cc1. The largest absolute Gasteiger partial charge is 0.457 e. The Morgan fingerprint density at radius 1 is 0.784 bits per heavy atom. The smallest absolute Gasteiger partial charge is 0.225 e. The Bertz CT molecular complexity index is 1280. The van der Waals surface area contributed by atoms with E-state index in [1.54, 1.807) is 36.7 Å². The summed E-state index contributed by atoms with van der Waals surface area (Å²) in [7, 11) is 0. The monoisotopic (exact) mass is 499 g/mol. The summed E-state index contributed by atoms with van der Waals surface area (Å²) in [5.41, 5.74) is 2.38. The Kier molecular flexibility index (Phi) is 9.04. The molecule has 1 heterocycles. The van der Waals surface area contributed by atoms with Crippen molar-refractivity contribution < 1.29 is 23.5 Å². The van der Waals surface area contributed by atoms with Gasteiger partial charge in [-0.25, -0.2) is 14.4 Å². The van der Waals surface area contributed by atoms with Crippen LogP contribution in [-0.2, 0) is 33.8 Å². The van der Waals surface area contributed by atoms with E-state index >= 15 is 0 Å². The van der Waals surface area contributed by atoms with Crippen LogP contribution in [-0.4, -0.2) is 34.3 Å². The van der Waals surface area contributed by atoms with E-state index in [0.717, 1.165) is 11.1 Å². The number of benzene rings is 3. The number of nitrogens with one attached hydrogen (secondary N) is 1. The summed E-state index contributed by atoms with van der Waals surface area (Å²) in [6.07, 6.45) is 4.67. The zero-order valence-electron chi connectivity index (χ0n) is 20.0. The van der Waals surface area contributed by atoms with Crippen molar-refractivity contribution in [1.29, 1.82) is 0 Å². The third kappa shape index (κ3) is 8.33. The number of halogens is 1. The summed E-state index contributed by atoms with van der Waals surface area (Å²) in [5.74, 6) is 0.224. The molecule has 0 aliphatic heterocycles. The summed E-state index contributed by atoms with van der Waals surface area (Å²) in [5, 5.41) is 2.80. The second-order valence-electron chi connectivity index (χ2n) is 8.39. The third-order valence-electron chi connectivity index (χ3n) is 5.45. The highest BCUT2D eigenvalue weighted by Crippen LogP contribution is 2.22. The number of ketones is 1. The maximum absolute atomic E-state index is 13.2. The van der Waals surface area contributed by atoms with E-state index in [4.69, 9.17) is 9.47 Å². The Balaban J connectivity index is 1.37. The van der Waals surface area contributed by atoms with Gasteiger partial charge >= 0.3 is 0 Å². The van der Waals surface area contributed by atoms with Crippen molar-refractivity contribution in [2.45, 2.75) is 25.5 Å². The number of ether oxygens (including phenoxy) is 2. The lowest BCUT2D eigenvalue weighted by atomic mass is 10.0. The van der Waals surface area contributed by atoms with Crippen LogP contribution in [0, 0.1) is 5.82 Å². The van der Waals surface area contributed by atoms with Crippen molar-refractivity contribution in [3.8, 4) is 11.5 Å². The minimum Gasteiger partial charge on any atom is -0.457 e. The molecule has 0 bridgehead atoms. The van der Waals surface area contributed by atoms with E-state index in [2.05, 4.69) is 15.3 Å². The average Bonchev–Trinajstić information content (AvgIpc) is 2.91. The van der Waals surface area contributed by atoms with Gasteiger partial charge in [-0.1, -0.05) is 42.5 Å². The standard InChI is InChI=1S/C29H26FN3O4/c30-24-8-12-26(13-9-24)37-25-10-6-21(7-11-25)14-28(34)27(19-36-18-22-4-2-1-3-5-22)33-29(35)15-23-16-31-20-32-17-23/h1-13,16-17,20,27H,14-15,18-19H2,(H,33,35)/t27-/m0/s1. The normalized spacial score (nSPS) is 11.5. The first-order valence-corrected chi connectivity index (χ1v) is 11.7. The molecule has 3 aromatic carbocycles. The zero-order valence-corrected chi connectivity index (χ0v) is 20.0. The predicted molar refractivity (Wildman–Crippen MR) is 135 cm³/mol. The fourth-order valence-electron chi connectivity index (χ4n) is 3.57. The predicted octanol–water partition coefficient (Wildman–Crippen LogP) is 4.46. The molecule has 0 saturated carbocycles. The van der Waals surface area contributed by atoms with E-state index in [0.29, 0.717) is 23.7 Å². The number of hydrogen-bond acceptors (Lipinski definition) is 6. The molecule has 1 atom stereocenters. The molecule has 0 aliphatic carbocycles. The van der Waals surface area contributed by atoms with Gasteiger partial charge in [-0.05, 0) is 53.1 Å². The molecule has 1 amide bonds. The van der Waals surface area contributed by atoms with Crippen LogP contribution in [0.4, 0.5) is 4.39 Å². The zero-order chi connectivity index (χ0) is 25.9. The van der Waals surface area contributed by atoms with Gasteiger partial charge in [-0.15, -0.1) is 0 Å². The van der Waals surface area contributed by atoms with Crippen LogP contribution in [0.25, 0.3) is 0 Å². The number of Topliss-reactive ketones (excluding diaryl/α,β-unsaturated/α-hetero) is 1. The van der Waals surface area contributed by atoms with Gasteiger partial charge in [0, 0.05) is 18.8 Å². The van der Waals surface area contributed by atoms with Crippen molar-refractivity contribution in [2.75, 3.05) is 6.61 Å². The fraction of sp³-hybridized carbons (Fsp3) is 0.172. The lowest BCUT2D eigenvalue weighted by Gasteiger charge is -2.18. The number of aromatic nitrogens is 2. The lowest BCUT2D eigenvalue weighted by Crippen LogP contribution is -2.45. The summed E-state index contributed by atoms with van der Waals surface area (Å²) < 4.78 is 24.6. The minimum absolute atomic E-state index is 0.0382. The molecule has 0 unspecified atom stereocenters. The summed E-state index contributed by atoms with van der Waals surface area (Å²) in [4.78, 5) is 33.6. The maximum Gasteiger partial charge on any atom is 0.225 e. The van der Waals surface area contributed by atoms with Crippen molar-refractivity contribution in [3.05, 3.63) is 120 Å². The number of carbonyl (C=O) groups is 2. The van der Waals surface area contributed by atoms with E-state index < -0.39 is 6.04 Å². The van der Waals surface area contributed by atoms with Gasteiger partial charge in [0.25, 0.3) is 0 Å². The minimum atomic E-state index is -0.823. The van der Waals surface area contributed by atoms with Gasteiger partial charge in [0.05, 0.1) is 19.6 Å². The summed E-state index contributed by atoms with van der Waals surface area (Å²) in [6.45, 7) is 0.360. The molecule has 188 valence electrons. The van der Waals surface area contributed by atoms with Crippen LogP contribution in [0.5, 0.6) is 11.5 Å². The lowest BCUT2D eigenvalue weighted by molar-refractivity contribution is -0.128. The third-order valence-corrected chi connectivity index (χ3v) is 5.45. The van der Waals surface area contributed by atoms with Crippen molar-refractivity contribution in [1.82, 2.24) is 15.3 Å². The Hall–Kier alpha value is -4.43. The molecule has 0 radical (unpaired) electrons. The Labute approximate surface area is 214 Å². The molecule has 0 fully saturated rings. The fourth-order valence-corrected chi connectivity index (χ4v) is 3.57. The van der Waals surface area contributed by atoms with E-state index in [1.807, 2.05) is 30.3 Å². The van der Waals surface area contributed by atoms with Crippen LogP contribution < -0.4 is 10.1 Å². The van der Waals surface area contributed by atoms with Crippen molar-refractivity contribution >= 4 is 11.7 Å². The first kappa shape index (κ1) is 25.7. The number of hydrogen-bond donors (Lipinski definition) is 1. The first-order chi connectivity index (χ1) is 18.0. The molecule has 4 rings (SSSR count). The highest BCUT2D eigenvalue weighted by molar-refractivity contribution is 5.91. The van der Waals surface area contributed by atoms with Gasteiger partial charge in [0.2, 0.25) is 5.91 Å². The molecule has 1 N–H and O–H groups in total. The number of carbonyl (C=O) groups excluding carboxylic acids is 2. The topological polar surface area (TPSA) is 90.4 Å². The highest BCUT2D eigenvalue weighted by Gasteiger charge is 2.22. The van der Waals surface area contributed by atoms with Gasteiger partial charge in [0.15, 0.2) is 5.78 Å². The van der Waals surface area contributed by atoms with Crippen LogP contribution in [0.15, 0.2) is 97.6 Å². The molecule has 1 aromatic heterocycles. The van der Waals surface area contributed by atoms with Crippen molar-refractivity contribution in [2.24, 2.45) is 0 Å². The van der Waals surface area contributed by atoms with E-state index in [1.165, 1.54) is 30.6 Å². The Morgan fingerprint density at radius 2 is 1.43 bits per heavy atom. The average molecular weight is 500 g/mol. The first-order valence-electron chi connectivity index (χ1n) is 11.7. The Morgan fingerprint density at radius 3 is 2.11 bits per heavy atom. The molecule has 0 spiro atoms. The molecule has 8 heteroatoms. The van der Waals surface area contributed by atoms with Crippen molar-refractivity contribution in [3.63, 3.8) is 0 Å². The molecule has 0 saturated heterocycles. The highest BCUT2D eigenvalue weighted by atomic mass is 19.1. The van der Waals surface area contributed by atoms with Crippen LogP contribution >= 0.6 is 0 Å². The van der Waals surface area contributed by atoms with Crippen LogP contribution in [0.2, 0.25) is 0 Å². The van der Waals surface area contributed by atoms with Crippen LogP contribution in [0.1, 0.15) is 16.7 Å². The summed E-state index contributed by atoms with van der Waals surface area (Å²) >= 11 is 0. The quantitative estimate of drug-likeness (QED) is 0.310.